The molecule has 0 aliphatic carbocycles. The van der Waals surface area contributed by atoms with Gasteiger partial charge in [0.2, 0.25) is 5.91 Å². The van der Waals surface area contributed by atoms with Gasteiger partial charge in [0.05, 0.1) is 18.8 Å². The van der Waals surface area contributed by atoms with Crippen LogP contribution in [0.4, 0.5) is 5.69 Å². The molecule has 0 saturated carbocycles. The van der Waals surface area contributed by atoms with Gasteiger partial charge in [0.25, 0.3) is 0 Å². The van der Waals surface area contributed by atoms with Gasteiger partial charge in [-0.1, -0.05) is 0 Å². The number of aryl methyl sites for hydroxylation is 3. The molecule has 3 rings (SSSR count). The van der Waals surface area contributed by atoms with E-state index < -0.39 is 0 Å². The van der Waals surface area contributed by atoms with Crippen molar-refractivity contribution in [2.24, 2.45) is 7.05 Å². The first-order valence-electron chi connectivity index (χ1n) is 8.59. The molecule has 2 aromatic rings. The molecule has 1 amide bonds. The number of carbonyl (C=O) groups is 1. The lowest BCUT2D eigenvalue weighted by Gasteiger charge is -2.33. The number of nitrogens with one attached hydrogen (secondary N) is 1. The van der Waals surface area contributed by atoms with Crippen LogP contribution in [-0.4, -0.2) is 52.3 Å². The number of nitrogens with zero attached hydrogens (tertiary/aromatic N) is 4. The van der Waals surface area contributed by atoms with Crippen molar-refractivity contribution in [2.45, 2.75) is 25.9 Å². The van der Waals surface area contributed by atoms with Gasteiger partial charge < -0.3 is 15.0 Å². The number of amides is 1. The van der Waals surface area contributed by atoms with E-state index in [-0.39, 0.29) is 12.0 Å². The number of aromatic nitrogens is 3. The zero-order chi connectivity index (χ0) is 17.8. The number of anilines is 1. The van der Waals surface area contributed by atoms with Crippen molar-refractivity contribution in [3.05, 3.63) is 41.5 Å². The van der Waals surface area contributed by atoms with Gasteiger partial charge in [0.1, 0.15) is 6.10 Å². The van der Waals surface area contributed by atoms with Crippen molar-refractivity contribution < 1.29 is 9.53 Å². The minimum atomic E-state index is -0.179. The number of ether oxygens (including phenoxy) is 1. The van der Waals surface area contributed by atoms with Crippen molar-refractivity contribution in [1.82, 2.24) is 19.7 Å². The second-order valence-electron chi connectivity index (χ2n) is 6.32. The van der Waals surface area contributed by atoms with Crippen molar-refractivity contribution in [3.8, 4) is 0 Å². The summed E-state index contributed by atoms with van der Waals surface area (Å²) < 4.78 is 7.68. The molecule has 1 aliphatic rings. The first kappa shape index (κ1) is 17.4. The topological polar surface area (TPSA) is 72.3 Å². The van der Waals surface area contributed by atoms with Crippen LogP contribution in [0.25, 0.3) is 0 Å². The second-order valence-corrected chi connectivity index (χ2v) is 6.32. The Morgan fingerprint density at radius 2 is 2.28 bits per heavy atom. The molecule has 1 fully saturated rings. The van der Waals surface area contributed by atoms with Crippen LogP contribution in [0.3, 0.4) is 0 Å². The maximum absolute atomic E-state index is 12.6. The predicted octanol–water partition coefficient (Wildman–Crippen LogP) is 1.70. The summed E-state index contributed by atoms with van der Waals surface area (Å²) in [5, 5.41) is 7.28. The summed E-state index contributed by atoms with van der Waals surface area (Å²) in [7, 11) is 3.78. The fourth-order valence-electron chi connectivity index (χ4n) is 3.10. The molecule has 0 radical (unpaired) electrons. The lowest BCUT2D eigenvalue weighted by Crippen LogP contribution is -2.42. The Kier molecular flexibility index (Phi) is 5.33. The SMILES string of the molecule is CNc1cc(C)nc([C@H]2CN(C(=O)CCc3ccnn3C)CCO2)c1. The van der Waals surface area contributed by atoms with E-state index >= 15 is 0 Å². The zero-order valence-corrected chi connectivity index (χ0v) is 15.0. The summed E-state index contributed by atoms with van der Waals surface area (Å²) in [5.74, 6) is 0.149. The van der Waals surface area contributed by atoms with E-state index in [1.54, 1.807) is 6.20 Å². The molecule has 0 spiro atoms. The minimum Gasteiger partial charge on any atom is -0.388 e. The second kappa shape index (κ2) is 7.65. The molecule has 1 saturated heterocycles. The first-order valence-corrected chi connectivity index (χ1v) is 8.59. The van der Waals surface area contributed by atoms with Gasteiger partial charge in [-0.05, 0) is 31.5 Å². The zero-order valence-electron chi connectivity index (χ0n) is 15.0. The third-order valence-electron chi connectivity index (χ3n) is 4.53. The Balaban J connectivity index is 1.63. The van der Waals surface area contributed by atoms with Crippen LogP contribution in [0.1, 0.15) is 29.6 Å². The highest BCUT2D eigenvalue weighted by Gasteiger charge is 2.26. The molecular formula is C18H25N5O2. The van der Waals surface area contributed by atoms with E-state index in [1.165, 1.54) is 0 Å². The third kappa shape index (κ3) is 4.17. The Morgan fingerprint density at radius 1 is 1.44 bits per heavy atom. The van der Waals surface area contributed by atoms with Gasteiger partial charge in [-0.25, -0.2) is 0 Å². The van der Waals surface area contributed by atoms with Gasteiger partial charge in [0, 0.05) is 50.3 Å². The van der Waals surface area contributed by atoms with Crippen LogP contribution in [0, 0.1) is 6.92 Å². The smallest absolute Gasteiger partial charge is 0.223 e. The van der Waals surface area contributed by atoms with Crippen molar-refractivity contribution >= 4 is 11.6 Å². The van der Waals surface area contributed by atoms with Crippen LogP contribution in [0.5, 0.6) is 0 Å². The standard InChI is InChI=1S/C18H25N5O2/c1-13-10-14(19-2)11-16(21-13)17-12-23(8-9-25-17)18(24)5-4-15-6-7-20-22(15)3/h6-7,10-11,17H,4-5,8-9,12H2,1-3H3,(H,19,21)/t17-/m1/s1. The quantitative estimate of drug-likeness (QED) is 0.895. The molecule has 25 heavy (non-hydrogen) atoms. The van der Waals surface area contributed by atoms with E-state index in [4.69, 9.17) is 4.74 Å². The third-order valence-corrected chi connectivity index (χ3v) is 4.53. The minimum absolute atomic E-state index is 0.149. The Labute approximate surface area is 148 Å². The molecule has 134 valence electrons. The molecule has 0 aromatic carbocycles. The number of carbonyl (C=O) groups excluding carboxylic acids is 1. The highest BCUT2D eigenvalue weighted by Crippen LogP contribution is 2.24. The molecule has 1 atom stereocenters. The average molecular weight is 343 g/mol. The van der Waals surface area contributed by atoms with Crippen LogP contribution in [0.2, 0.25) is 0 Å². The number of hydrogen-bond acceptors (Lipinski definition) is 5. The lowest BCUT2D eigenvalue weighted by atomic mass is 10.1. The number of pyridine rings is 1. The number of rotatable bonds is 5. The first-order chi connectivity index (χ1) is 12.1. The number of morpholine rings is 1. The van der Waals surface area contributed by atoms with Gasteiger partial charge in [-0.15, -0.1) is 0 Å². The molecule has 1 aliphatic heterocycles. The fourth-order valence-corrected chi connectivity index (χ4v) is 3.10. The fraction of sp³-hybridized carbons (Fsp3) is 0.500. The maximum Gasteiger partial charge on any atom is 0.223 e. The van der Waals surface area contributed by atoms with Gasteiger partial charge in [0.15, 0.2) is 0 Å². The molecule has 0 bridgehead atoms. The summed E-state index contributed by atoms with van der Waals surface area (Å²) in [5.41, 5.74) is 3.88. The average Bonchev–Trinajstić information content (AvgIpc) is 3.04. The summed E-state index contributed by atoms with van der Waals surface area (Å²) >= 11 is 0. The molecule has 0 unspecified atom stereocenters. The Hall–Kier alpha value is -2.41. The van der Waals surface area contributed by atoms with E-state index in [1.807, 2.05) is 48.8 Å². The molecule has 3 heterocycles. The summed E-state index contributed by atoms with van der Waals surface area (Å²) in [6.45, 7) is 3.67. The highest BCUT2D eigenvalue weighted by atomic mass is 16.5. The predicted molar refractivity (Wildman–Crippen MR) is 95.3 cm³/mol. The Bertz CT molecular complexity index is 743. The van der Waals surface area contributed by atoms with Crippen LogP contribution < -0.4 is 5.32 Å². The monoisotopic (exact) mass is 343 g/mol. The Morgan fingerprint density at radius 3 is 3.00 bits per heavy atom. The van der Waals surface area contributed by atoms with Crippen LogP contribution in [-0.2, 0) is 23.0 Å². The van der Waals surface area contributed by atoms with Crippen molar-refractivity contribution in [2.75, 3.05) is 32.1 Å². The molecular weight excluding hydrogens is 318 g/mol. The van der Waals surface area contributed by atoms with Gasteiger partial charge in [-0.2, -0.15) is 5.10 Å². The summed E-state index contributed by atoms with van der Waals surface area (Å²) in [4.78, 5) is 19.0. The van der Waals surface area contributed by atoms with Crippen LogP contribution >= 0.6 is 0 Å². The summed E-state index contributed by atoms with van der Waals surface area (Å²) in [6, 6.07) is 5.93. The van der Waals surface area contributed by atoms with Gasteiger partial charge >= 0.3 is 0 Å². The number of hydrogen-bond donors (Lipinski definition) is 1. The van der Waals surface area contributed by atoms with E-state index in [0.29, 0.717) is 32.5 Å². The molecule has 7 heteroatoms. The van der Waals surface area contributed by atoms with Gasteiger partial charge in [-0.3, -0.25) is 14.5 Å². The molecule has 2 aromatic heterocycles. The molecule has 1 N–H and O–H groups in total. The summed E-state index contributed by atoms with van der Waals surface area (Å²) in [6.07, 6.45) is 2.76. The van der Waals surface area contributed by atoms with E-state index in [0.717, 1.165) is 22.8 Å². The lowest BCUT2D eigenvalue weighted by molar-refractivity contribution is -0.139. The molecule has 7 nitrogen and oxygen atoms in total. The van der Waals surface area contributed by atoms with Crippen molar-refractivity contribution in [3.63, 3.8) is 0 Å². The van der Waals surface area contributed by atoms with E-state index in [2.05, 4.69) is 15.4 Å². The highest BCUT2D eigenvalue weighted by molar-refractivity contribution is 5.76. The van der Waals surface area contributed by atoms with Crippen molar-refractivity contribution in [1.29, 1.82) is 0 Å². The normalized spacial score (nSPS) is 17.6. The van der Waals surface area contributed by atoms with E-state index in [9.17, 15) is 4.79 Å². The van der Waals surface area contributed by atoms with Crippen LogP contribution in [0.15, 0.2) is 24.4 Å². The largest absolute Gasteiger partial charge is 0.388 e. The maximum atomic E-state index is 12.6.